The van der Waals surface area contributed by atoms with Crippen LogP contribution in [-0.2, 0) is 6.42 Å². The molecule has 1 aliphatic heterocycles. The Kier molecular flexibility index (Phi) is 4.44. The molecule has 0 amide bonds. The molecule has 2 aliphatic rings. The van der Waals surface area contributed by atoms with Crippen LogP contribution in [0, 0.1) is 0 Å². The molecule has 3 aromatic carbocycles. The van der Waals surface area contributed by atoms with Gasteiger partial charge in [0, 0.05) is 11.1 Å². The summed E-state index contributed by atoms with van der Waals surface area (Å²) >= 11 is 1.38. The zero-order valence-electron chi connectivity index (χ0n) is 17.2. The van der Waals surface area contributed by atoms with Gasteiger partial charge in [-0.25, -0.2) is 4.99 Å². The highest BCUT2D eigenvalue weighted by molar-refractivity contribution is 7.07. The molecule has 6 rings (SSSR count). The standard InChI is InChI=1S/C27H20N2O2S/c30-22-13-7-5-11-19(22)16-23-26(31)29-25(18-9-2-1-3-10-18)21-15-14-17-8-4-6-12-20(17)24(21)28-27(29)32-23/h1-13,16,25,30H,14-15H2/b23-16-/t25-/m1/s1. The highest BCUT2D eigenvalue weighted by Crippen LogP contribution is 2.41. The minimum Gasteiger partial charge on any atom is -0.507 e. The number of rotatable bonds is 2. The third kappa shape index (κ3) is 2.97. The second-order valence-electron chi connectivity index (χ2n) is 8.08. The van der Waals surface area contributed by atoms with Crippen LogP contribution in [0.3, 0.4) is 0 Å². The van der Waals surface area contributed by atoms with E-state index in [0.717, 1.165) is 29.7 Å². The first-order chi connectivity index (χ1) is 15.7. The number of thiazole rings is 1. The first-order valence-electron chi connectivity index (χ1n) is 10.7. The summed E-state index contributed by atoms with van der Waals surface area (Å²) in [5.41, 5.74) is 6.29. The maximum atomic E-state index is 13.6. The van der Waals surface area contributed by atoms with Crippen molar-refractivity contribution >= 4 is 23.1 Å². The molecule has 0 bridgehead atoms. The van der Waals surface area contributed by atoms with Crippen LogP contribution in [0.5, 0.6) is 5.75 Å². The van der Waals surface area contributed by atoms with Crippen LogP contribution >= 0.6 is 11.3 Å². The maximum absolute atomic E-state index is 13.6. The fraction of sp³-hybridized carbons (Fsp3) is 0.111. The van der Waals surface area contributed by atoms with Gasteiger partial charge in [-0.3, -0.25) is 9.36 Å². The molecule has 0 saturated carbocycles. The van der Waals surface area contributed by atoms with Crippen LogP contribution in [-0.4, -0.2) is 9.67 Å². The van der Waals surface area contributed by atoms with Crippen LogP contribution in [0.15, 0.2) is 94.2 Å². The monoisotopic (exact) mass is 436 g/mol. The first-order valence-corrected chi connectivity index (χ1v) is 11.5. The molecule has 1 aromatic heterocycles. The van der Waals surface area contributed by atoms with E-state index in [4.69, 9.17) is 4.99 Å². The lowest BCUT2D eigenvalue weighted by molar-refractivity contribution is 0.474. The number of benzene rings is 3. The van der Waals surface area contributed by atoms with Crippen molar-refractivity contribution in [2.75, 3.05) is 0 Å². The summed E-state index contributed by atoms with van der Waals surface area (Å²) < 4.78 is 2.40. The summed E-state index contributed by atoms with van der Waals surface area (Å²) in [6, 6.07) is 25.5. The number of allylic oxidation sites excluding steroid dienone is 1. The summed E-state index contributed by atoms with van der Waals surface area (Å²) in [7, 11) is 0. The lowest BCUT2D eigenvalue weighted by Crippen LogP contribution is -2.38. The largest absolute Gasteiger partial charge is 0.507 e. The van der Waals surface area contributed by atoms with Crippen LogP contribution in [0.1, 0.15) is 34.7 Å². The molecular formula is C27H20N2O2S. The van der Waals surface area contributed by atoms with Crippen molar-refractivity contribution in [3.8, 4) is 5.75 Å². The fourth-order valence-electron chi connectivity index (χ4n) is 4.71. The average Bonchev–Trinajstić information content (AvgIpc) is 3.14. The van der Waals surface area contributed by atoms with E-state index in [1.807, 2.05) is 34.9 Å². The van der Waals surface area contributed by atoms with Crippen molar-refractivity contribution in [1.82, 2.24) is 4.57 Å². The van der Waals surface area contributed by atoms with E-state index in [1.165, 1.54) is 22.5 Å². The Morgan fingerprint density at radius 3 is 2.53 bits per heavy atom. The Bertz CT molecular complexity index is 1560. The van der Waals surface area contributed by atoms with Crippen molar-refractivity contribution in [3.63, 3.8) is 0 Å². The zero-order valence-corrected chi connectivity index (χ0v) is 18.0. The predicted molar refractivity (Wildman–Crippen MR) is 127 cm³/mol. The van der Waals surface area contributed by atoms with Gasteiger partial charge in [0.15, 0.2) is 4.80 Å². The van der Waals surface area contributed by atoms with Gasteiger partial charge in [-0.1, -0.05) is 84.1 Å². The normalized spacial score (nSPS) is 17.4. The Morgan fingerprint density at radius 2 is 1.69 bits per heavy atom. The highest BCUT2D eigenvalue weighted by Gasteiger charge is 2.32. The van der Waals surface area contributed by atoms with E-state index in [0.29, 0.717) is 14.9 Å². The Balaban J connectivity index is 1.65. The highest BCUT2D eigenvalue weighted by atomic mass is 32.1. The Morgan fingerprint density at radius 1 is 0.938 bits per heavy atom. The quantitative estimate of drug-likeness (QED) is 0.516. The lowest BCUT2D eigenvalue weighted by Gasteiger charge is -2.30. The molecule has 5 heteroatoms. The third-order valence-electron chi connectivity index (χ3n) is 6.21. The molecule has 0 spiro atoms. The second-order valence-corrected chi connectivity index (χ2v) is 9.09. The Labute approximate surface area is 188 Å². The van der Waals surface area contributed by atoms with Gasteiger partial charge in [-0.2, -0.15) is 0 Å². The maximum Gasteiger partial charge on any atom is 0.271 e. The minimum absolute atomic E-state index is 0.0729. The van der Waals surface area contributed by atoms with Crippen LogP contribution in [0.25, 0.3) is 11.8 Å². The molecule has 32 heavy (non-hydrogen) atoms. The predicted octanol–water partition coefficient (Wildman–Crippen LogP) is 4.02. The lowest BCUT2D eigenvalue weighted by atomic mass is 9.83. The molecule has 4 nitrogen and oxygen atoms in total. The Hall–Kier alpha value is -3.70. The number of aromatic nitrogens is 1. The summed E-state index contributed by atoms with van der Waals surface area (Å²) in [6.45, 7) is 0. The number of fused-ring (bicyclic) bond motifs is 3. The summed E-state index contributed by atoms with van der Waals surface area (Å²) in [5.74, 6) is 0.158. The molecule has 1 atom stereocenters. The van der Waals surface area contributed by atoms with Gasteiger partial charge in [0.25, 0.3) is 5.56 Å². The molecule has 1 N–H and O–H groups in total. The molecule has 0 fully saturated rings. The van der Waals surface area contributed by atoms with Crippen LogP contribution in [0.2, 0.25) is 0 Å². The number of aromatic hydroxyl groups is 1. The van der Waals surface area contributed by atoms with E-state index >= 15 is 0 Å². The summed E-state index contributed by atoms with van der Waals surface area (Å²) in [4.78, 5) is 19.3. The van der Waals surface area contributed by atoms with Gasteiger partial charge in [0.05, 0.1) is 16.3 Å². The van der Waals surface area contributed by atoms with Crippen molar-refractivity contribution in [2.45, 2.75) is 18.9 Å². The number of nitrogens with zero attached hydrogens (tertiary/aromatic N) is 2. The molecule has 0 unspecified atom stereocenters. The van der Waals surface area contributed by atoms with Gasteiger partial charge >= 0.3 is 0 Å². The minimum atomic E-state index is -0.178. The number of hydrogen-bond acceptors (Lipinski definition) is 4. The van der Waals surface area contributed by atoms with E-state index in [2.05, 4.69) is 36.4 Å². The second kappa shape index (κ2) is 7.46. The fourth-order valence-corrected chi connectivity index (χ4v) is 5.70. The number of phenols is 1. The molecule has 2 heterocycles. The number of para-hydroxylation sites is 1. The zero-order chi connectivity index (χ0) is 21.7. The van der Waals surface area contributed by atoms with Gasteiger partial charge in [0.2, 0.25) is 0 Å². The van der Waals surface area contributed by atoms with E-state index < -0.39 is 0 Å². The van der Waals surface area contributed by atoms with Crippen LogP contribution in [0.4, 0.5) is 0 Å². The van der Waals surface area contributed by atoms with Crippen molar-refractivity contribution in [3.05, 3.63) is 126 Å². The van der Waals surface area contributed by atoms with E-state index in [1.54, 1.807) is 18.2 Å². The smallest absolute Gasteiger partial charge is 0.271 e. The molecule has 4 aromatic rings. The van der Waals surface area contributed by atoms with Gasteiger partial charge in [0.1, 0.15) is 5.75 Å². The molecule has 156 valence electrons. The van der Waals surface area contributed by atoms with Crippen molar-refractivity contribution in [2.24, 2.45) is 4.99 Å². The van der Waals surface area contributed by atoms with Crippen molar-refractivity contribution in [1.29, 1.82) is 0 Å². The van der Waals surface area contributed by atoms with Crippen LogP contribution < -0.4 is 14.9 Å². The molecular weight excluding hydrogens is 416 g/mol. The molecule has 0 radical (unpaired) electrons. The third-order valence-corrected chi connectivity index (χ3v) is 7.19. The van der Waals surface area contributed by atoms with Gasteiger partial charge in [-0.05, 0) is 41.7 Å². The van der Waals surface area contributed by atoms with Crippen molar-refractivity contribution < 1.29 is 5.11 Å². The summed E-state index contributed by atoms with van der Waals surface area (Å²) in [5, 5.41) is 10.2. The molecule has 0 saturated heterocycles. The number of aryl methyl sites for hydroxylation is 1. The van der Waals surface area contributed by atoms with E-state index in [9.17, 15) is 9.90 Å². The number of phenolic OH excluding ortho intramolecular Hbond substituents is 1. The average molecular weight is 437 g/mol. The SMILES string of the molecule is O=c1/c(=C/c2ccccc2O)sc2n1[C@H](c1ccccc1)C1=C(N=2)c2ccccc2CC1. The van der Waals surface area contributed by atoms with Gasteiger partial charge < -0.3 is 5.11 Å². The summed E-state index contributed by atoms with van der Waals surface area (Å²) in [6.07, 6.45) is 3.58. The number of hydrogen-bond donors (Lipinski definition) is 1. The molecule has 1 aliphatic carbocycles. The first kappa shape index (κ1) is 19.0. The topological polar surface area (TPSA) is 54.6 Å². The van der Waals surface area contributed by atoms with E-state index in [-0.39, 0.29) is 17.4 Å². The van der Waals surface area contributed by atoms with Gasteiger partial charge in [-0.15, -0.1) is 0 Å².